The normalized spacial score (nSPS) is 11.5. The Morgan fingerprint density at radius 2 is 1.03 bits per heavy atom. The smallest absolute Gasteiger partial charge is 0.143 e. The van der Waals surface area contributed by atoms with E-state index in [0.717, 1.165) is 33.4 Å². The van der Waals surface area contributed by atoms with Crippen molar-refractivity contribution in [1.82, 2.24) is 0 Å². The van der Waals surface area contributed by atoms with Gasteiger partial charge >= 0.3 is 0 Å². The first-order valence-corrected chi connectivity index (χ1v) is 12.3. The lowest BCUT2D eigenvalue weighted by Gasteiger charge is -2.08. The number of rotatable bonds is 3. The molecule has 0 aliphatic rings. The maximum absolute atomic E-state index is 6.74. The molecule has 34 heavy (non-hydrogen) atoms. The van der Waals surface area contributed by atoms with E-state index in [9.17, 15) is 0 Å². The highest BCUT2D eigenvalue weighted by molar-refractivity contribution is 7.25. The topological polar surface area (TPSA) is 13.1 Å². The van der Waals surface area contributed by atoms with E-state index in [1.807, 2.05) is 11.3 Å². The Bertz CT molecular complexity index is 1800. The third kappa shape index (κ3) is 3.00. The van der Waals surface area contributed by atoms with Crippen molar-refractivity contribution in [1.29, 1.82) is 0 Å². The Morgan fingerprint density at radius 1 is 0.412 bits per heavy atom. The Balaban J connectivity index is 1.48. The first kappa shape index (κ1) is 19.3. The van der Waals surface area contributed by atoms with E-state index in [4.69, 9.17) is 4.42 Å². The molecule has 5 aromatic carbocycles. The van der Waals surface area contributed by atoms with Crippen molar-refractivity contribution in [3.8, 4) is 33.8 Å². The van der Waals surface area contributed by atoms with Crippen LogP contribution in [-0.4, -0.2) is 0 Å². The van der Waals surface area contributed by atoms with Crippen LogP contribution in [0.1, 0.15) is 0 Å². The molecule has 160 valence electrons. The largest absolute Gasteiger partial charge is 0.455 e. The predicted molar refractivity (Wildman–Crippen MR) is 145 cm³/mol. The second kappa shape index (κ2) is 7.72. The van der Waals surface area contributed by atoms with E-state index >= 15 is 0 Å². The van der Waals surface area contributed by atoms with Gasteiger partial charge in [-0.2, -0.15) is 0 Å². The van der Waals surface area contributed by atoms with Gasteiger partial charge < -0.3 is 4.42 Å². The molecule has 0 unspecified atom stereocenters. The van der Waals surface area contributed by atoms with Crippen molar-refractivity contribution in [3.05, 3.63) is 121 Å². The molecule has 2 heterocycles. The fourth-order valence-corrected chi connectivity index (χ4v) is 6.01. The Morgan fingerprint density at radius 3 is 1.85 bits per heavy atom. The van der Waals surface area contributed by atoms with E-state index in [-0.39, 0.29) is 0 Å². The number of fused-ring (bicyclic) bond motifs is 4. The Kier molecular flexibility index (Phi) is 4.39. The summed E-state index contributed by atoms with van der Waals surface area (Å²) in [6, 6.07) is 42.9. The third-order valence-corrected chi connectivity index (χ3v) is 7.67. The van der Waals surface area contributed by atoms with Gasteiger partial charge in [-0.1, -0.05) is 97.1 Å². The molecule has 0 atom stereocenters. The summed E-state index contributed by atoms with van der Waals surface area (Å²) in [5.74, 6) is 1.84. The minimum Gasteiger partial charge on any atom is -0.455 e. The summed E-state index contributed by atoms with van der Waals surface area (Å²) in [4.78, 5) is 0. The molecule has 0 radical (unpaired) electrons. The van der Waals surface area contributed by atoms with E-state index in [2.05, 4.69) is 121 Å². The monoisotopic (exact) mass is 452 g/mol. The van der Waals surface area contributed by atoms with Gasteiger partial charge in [-0.05, 0) is 35.4 Å². The summed E-state index contributed by atoms with van der Waals surface area (Å²) in [5, 5.41) is 4.86. The van der Waals surface area contributed by atoms with Gasteiger partial charge in [0.1, 0.15) is 11.5 Å². The van der Waals surface area contributed by atoms with Gasteiger partial charge in [0, 0.05) is 42.1 Å². The van der Waals surface area contributed by atoms with Crippen LogP contribution in [0.4, 0.5) is 0 Å². The number of furan rings is 1. The van der Waals surface area contributed by atoms with Gasteiger partial charge in [-0.3, -0.25) is 0 Å². The summed E-state index contributed by atoms with van der Waals surface area (Å²) in [5.41, 5.74) is 4.58. The van der Waals surface area contributed by atoms with Gasteiger partial charge in [0.25, 0.3) is 0 Å². The molecule has 0 saturated heterocycles. The molecule has 0 amide bonds. The average molecular weight is 453 g/mol. The van der Waals surface area contributed by atoms with Crippen LogP contribution in [0, 0.1) is 0 Å². The fraction of sp³-hybridized carbons (Fsp3) is 0. The molecule has 2 heteroatoms. The van der Waals surface area contributed by atoms with Crippen molar-refractivity contribution in [3.63, 3.8) is 0 Å². The lowest BCUT2D eigenvalue weighted by Crippen LogP contribution is -1.83. The van der Waals surface area contributed by atoms with Crippen molar-refractivity contribution >= 4 is 42.3 Å². The number of hydrogen-bond acceptors (Lipinski definition) is 2. The van der Waals surface area contributed by atoms with E-state index in [0.29, 0.717) is 0 Å². The molecular formula is C32H20OS. The molecule has 0 aliphatic heterocycles. The molecule has 2 aromatic heterocycles. The Hall–Kier alpha value is -4.14. The minimum atomic E-state index is 0.917. The first-order valence-electron chi connectivity index (χ1n) is 11.4. The summed E-state index contributed by atoms with van der Waals surface area (Å²) in [6.07, 6.45) is 0. The number of thiophene rings is 1. The Labute approximate surface area is 201 Å². The SMILES string of the molecule is c1ccc(-c2ccccc2-c2oc(-c3ccc4sc5ccccc5c4c3)c3ccccc23)cc1. The molecule has 7 aromatic rings. The molecule has 0 fully saturated rings. The maximum Gasteiger partial charge on any atom is 0.143 e. The molecule has 0 aliphatic carbocycles. The highest BCUT2D eigenvalue weighted by atomic mass is 32.1. The highest BCUT2D eigenvalue weighted by Crippen LogP contribution is 2.44. The summed E-state index contributed by atoms with van der Waals surface area (Å²) in [6.45, 7) is 0. The van der Waals surface area contributed by atoms with Gasteiger partial charge in [0.05, 0.1) is 0 Å². The van der Waals surface area contributed by atoms with E-state index in [1.54, 1.807) is 0 Å². The van der Waals surface area contributed by atoms with Crippen LogP contribution in [-0.2, 0) is 0 Å². The van der Waals surface area contributed by atoms with Gasteiger partial charge in [0.15, 0.2) is 0 Å². The minimum absolute atomic E-state index is 0.917. The second-order valence-electron chi connectivity index (χ2n) is 8.53. The molecule has 0 N–H and O–H groups in total. The summed E-state index contributed by atoms with van der Waals surface area (Å²) < 4.78 is 9.36. The van der Waals surface area contributed by atoms with E-state index < -0.39 is 0 Å². The van der Waals surface area contributed by atoms with Gasteiger partial charge in [-0.25, -0.2) is 0 Å². The van der Waals surface area contributed by atoms with Crippen molar-refractivity contribution in [2.24, 2.45) is 0 Å². The van der Waals surface area contributed by atoms with Gasteiger partial charge in [0.2, 0.25) is 0 Å². The zero-order chi connectivity index (χ0) is 22.5. The zero-order valence-corrected chi connectivity index (χ0v) is 19.2. The molecular weight excluding hydrogens is 432 g/mol. The second-order valence-corrected chi connectivity index (χ2v) is 9.61. The zero-order valence-electron chi connectivity index (χ0n) is 18.4. The lowest BCUT2D eigenvalue weighted by molar-refractivity contribution is 0.602. The molecule has 0 bridgehead atoms. The van der Waals surface area contributed by atoms with Crippen LogP contribution >= 0.6 is 11.3 Å². The lowest BCUT2D eigenvalue weighted by atomic mass is 9.96. The van der Waals surface area contributed by atoms with Gasteiger partial charge in [-0.15, -0.1) is 11.3 Å². The predicted octanol–water partition coefficient (Wildman–Crippen LogP) is 9.80. The maximum atomic E-state index is 6.74. The molecule has 1 nitrogen and oxygen atoms in total. The average Bonchev–Trinajstić information content (AvgIpc) is 3.48. The van der Waals surface area contributed by atoms with Crippen LogP contribution in [0.25, 0.3) is 64.7 Å². The van der Waals surface area contributed by atoms with Crippen LogP contribution in [0.3, 0.4) is 0 Å². The van der Waals surface area contributed by atoms with Crippen LogP contribution < -0.4 is 0 Å². The highest BCUT2D eigenvalue weighted by Gasteiger charge is 2.19. The van der Waals surface area contributed by atoms with Crippen molar-refractivity contribution in [2.45, 2.75) is 0 Å². The summed E-state index contributed by atoms with van der Waals surface area (Å²) in [7, 11) is 0. The summed E-state index contributed by atoms with van der Waals surface area (Å²) >= 11 is 1.84. The van der Waals surface area contributed by atoms with Crippen molar-refractivity contribution < 1.29 is 4.42 Å². The molecule has 7 rings (SSSR count). The van der Waals surface area contributed by atoms with Crippen molar-refractivity contribution in [2.75, 3.05) is 0 Å². The number of benzene rings is 5. The quantitative estimate of drug-likeness (QED) is 0.260. The number of hydrogen-bond donors (Lipinski definition) is 0. The molecule has 0 spiro atoms. The third-order valence-electron chi connectivity index (χ3n) is 6.52. The fourth-order valence-electron chi connectivity index (χ4n) is 4.92. The molecule has 0 saturated carbocycles. The van der Waals surface area contributed by atoms with Crippen LogP contribution in [0.2, 0.25) is 0 Å². The van der Waals surface area contributed by atoms with Crippen LogP contribution in [0.5, 0.6) is 0 Å². The first-order chi connectivity index (χ1) is 16.9. The van der Waals surface area contributed by atoms with E-state index in [1.165, 1.54) is 31.3 Å². The standard InChI is InChI=1S/C32H20OS/c1-2-10-21(11-3-1)23-12-4-5-14-25(23)32-27-16-7-6-15-26(27)31(33-32)22-18-19-30-28(20-22)24-13-8-9-17-29(24)34-30/h1-20H. The van der Waals surface area contributed by atoms with Crippen LogP contribution in [0.15, 0.2) is 126 Å².